The summed E-state index contributed by atoms with van der Waals surface area (Å²) in [5, 5.41) is 14.8. The van der Waals surface area contributed by atoms with E-state index >= 15 is 0 Å². The first kappa shape index (κ1) is 21.1. The zero-order valence-electron chi connectivity index (χ0n) is 15.0. The van der Waals surface area contributed by atoms with Crippen molar-refractivity contribution in [2.75, 3.05) is 26.8 Å². The van der Waals surface area contributed by atoms with Gasteiger partial charge >= 0.3 is 0 Å². The van der Waals surface area contributed by atoms with Crippen molar-refractivity contribution in [3.8, 4) is 0 Å². The number of halogens is 1. The van der Waals surface area contributed by atoms with Crippen LogP contribution in [0, 0.1) is 5.41 Å². The zero-order valence-corrected chi connectivity index (χ0v) is 17.4. The van der Waals surface area contributed by atoms with E-state index in [9.17, 15) is 0 Å². The molecule has 0 unspecified atom stereocenters. The second kappa shape index (κ2) is 10.9. The summed E-state index contributed by atoms with van der Waals surface area (Å²) in [6.45, 7) is 5.26. The molecule has 8 heteroatoms. The Kier molecular flexibility index (Phi) is 9.57. The number of aromatic nitrogens is 3. The summed E-state index contributed by atoms with van der Waals surface area (Å²) in [5.41, 5.74) is 0.345. The third-order valence-corrected chi connectivity index (χ3v) is 4.72. The third kappa shape index (κ3) is 6.19. The molecule has 0 amide bonds. The molecule has 0 bridgehead atoms. The summed E-state index contributed by atoms with van der Waals surface area (Å²) < 4.78 is 7.48. The first-order valence-corrected chi connectivity index (χ1v) is 8.54. The maximum absolute atomic E-state index is 5.57. The van der Waals surface area contributed by atoms with Crippen LogP contribution in [0.15, 0.2) is 11.3 Å². The fraction of sp³-hybridized carbons (Fsp3) is 0.812. The molecule has 0 aromatic carbocycles. The second-order valence-corrected chi connectivity index (χ2v) is 6.29. The number of nitrogens with zero attached hydrogens (tertiary/aromatic N) is 4. The summed E-state index contributed by atoms with van der Waals surface area (Å²) in [5.74, 6) is 1.70. The van der Waals surface area contributed by atoms with Gasteiger partial charge in [-0.15, -0.1) is 34.2 Å². The fourth-order valence-corrected chi connectivity index (χ4v) is 3.19. The minimum absolute atomic E-state index is 0. The molecule has 2 N–H and O–H groups in total. The van der Waals surface area contributed by atoms with Crippen LogP contribution in [0.5, 0.6) is 0 Å². The van der Waals surface area contributed by atoms with Crippen molar-refractivity contribution in [1.82, 2.24) is 25.4 Å². The van der Waals surface area contributed by atoms with Gasteiger partial charge in [-0.1, -0.05) is 12.8 Å². The molecule has 1 heterocycles. The van der Waals surface area contributed by atoms with Crippen LogP contribution in [0.1, 0.15) is 44.9 Å². The van der Waals surface area contributed by atoms with E-state index in [1.807, 2.05) is 11.6 Å². The van der Waals surface area contributed by atoms with E-state index in [1.54, 1.807) is 13.4 Å². The van der Waals surface area contributed by atoms with Crippen LogP contribution in [-0.2, 0) is 18.3 Å². The lowest BCUT2D eigenvalue weighted by Gasteiger charge is -2.30. The van der Waals surface area contributed by atoms with E-state index in [1.165, 1.54) is 25.7 Å². The minimum Gasteiger partial charge on any atom is -0.382 e. The molecule has 2 rings (SSSR count). The molecule has 0 saturated heterocycles. The van der Waals surface area contributed by atoms with Gasteiger partial charge in [-0.25, -0.2) is 0 Å². The number of aliphatic imine (C=N–C) groups is 1. The van der Waals surface area contributed by atoms with E-state index in [-0.39, 0.29) is 24.0 Å². The van der Waals surface area contributed by atoms with Crippen LogP contribution >= 0.6 is 24.0 Å². The SMILES string of the molecule is CCOCCC1(CNC(=NC)NCc2nncn2C)CCCC1.I. The summed E-state index contributed by atoms with van der Waals surface area (Å²) in [6.07, 6.45) is 8.00. The molecule has 0 atom stereocenters. The topological polar surface area (TPSA) is 76.4 Å². The van der Waals surface area contributed by atoms with Gasteiger partial charge in [0.1, 0.15) is 6.33 Å². The second-order valence-electron chi connectivity index (χ2n) is 6.29. The molecule has 1 fully saturated rings. The maximum Gasteiger partial charge on any atom is 0.191 e. The number of hydrogen-bond donors (Lipinski definition) is 2. The lowest BCUT2D eigenvalue weighted by atomic mass is 9.83. The largest absolute Gasteiger partial charge is 0.382 e. The smallest absolute Gasteiger partial charge is 0.191 e. The molecule has 1 saturated carbocycles. The van der Waals surface area contributed by atoms with Crippen LogP contribution in [0.25, 0.3) is 0 Å². The van der Waals surface area contributed by atoms with Gasteiger partial charge in [-0.2, -0.15) is 0 Å². The summed E-state index contributed by atoms with van der Waals surface area (Å²) >= 11 is 0. The molecule has 138 valence electrons. The molecule has 1 aliphatic rings. The highest BCUT2D eigenvalue weighted by Gasteiger charge is 2.33. The Balaban J connectivity index is 0.00000288. The van der Waals surface area contributed by atoms with Gasteiger partial charge in [-0.05, 0) is 31.6 Å². The van der Waals surface area contributed by atoms with Crippen LogP contribution in [0.2, 0.25) is 0 Å². The van der Waals surface area contributed by atoms with E-state index in [2.05, 4.69) is 32.7 Å². The summed E-state index contributed by atoms with van der Waals surface area (Å²) in [4.78, 5) is 4.31. The van der Waals surface area contributed by atoms with Gasteiger partial charge in [0.15, 0.2) is 11.8 Å². The average Bonchev–Trinajstić information content (AvgIpc) is 3.18. The van der Waals surface area contributed by atoms with Crippen molar-refractivity contribution >= 4 is 29.9 Å². The Morgan fingerprint density at radius 1 is 1.38 bits per heavy atom. The Labute approximate surface area is 162 Å². The van der Waals surface area contributed by atoms with Gasteiger partial charge in [-0.3, -0.25) is 4.99 Å². The van der Waals surface area contributed by atoms with Crippen molar-refractivity contribution in [2.24, 2.45) is 17.5 Å². The number of hydrogen-bond acceptors (Lipinski definition) is 4. The fourth-order valence-electron chi connectivity index (χ4n) is 3.19. The number of rotatable bonds is 8. The Morgan fingerprint density at radius 2 is 2.12 bits per heavy atom. The van der Waals surface area contributed by atoms with E-state index in [0.29, 0.717) is 12.0 Å². The lowest BCUT2D eigenvalue weighted by molar-refractivity contribution is 0.105. The van der Waals surface area contributed by atoms with E-state index in [0.717, 1.165) is 38.0 Å². The van der Waals surface area contributed by atoms with Crippen LogP contribution in [0.3, 0.4) is 0 Å². The van der Waals surface area contributed by atoms with Crippen LogP contribution in [0.4, 0.5) is 0 Å². The maximum atomic E-state index is 5.57. The quantitative estimate of drug-likeness (QED) is 0.275. The highest BCUT2D eigenvalue weighted by atomic mass is 127. The minimum atomic E-state index is 0. The predicted molar refractivity (Wildman–Crippen MR) is 107 cm³/mol. The molecular weight excluding hydrogens is 419 g/mol. The van der Waals surface area contributed by atoms with Crippen molar-refractivity contribution in [3.05, 3.63) is 12.2 Å². The van der Waals surface area contributed by atoms with Gasteiger partial charge < -0.3 is 19.9 Å². The lowest BCUT2D eigenvalue weighted by Crippen LogP contribution is -2.43. The standard InChI is InChI=1S/C16H30N6O.HI/c1-4-23-10-9-16(7-5-6-8-16)12-19-15(17-2)18-11-14-21-20-13-22(14)3;/h13H,4-12H2,1-3H3,(H2,17,18,19);1H. The average molecular weight is 450 g/mol. The molecule has 1 aromatic heterocycles. The molecular formula is C16H31IN6O. The number of guanidine groups is 1. The van der Waals surface area contributed by atoms with Crippen molar-refractivity contribution in [2.45, 2.75) is 45.6 Å². The van der Waals surface area contributed by atoms with Gasteiger partial charge in [0, 0.05) is 33.9 Å². The zero-order chi connectivity index (χ0) is 16.5. The Hall–Kier alpha value is -0.900. The monoisotopic (exact) mass is 450 g/mol. The van der Waals surface area contributed by atoms with E-state index < -0.39 is 0 Å². The first-order valence-electron chi connectivity index (χ1n) is 8.54. The molecule has 0 spiro atoms. The van der Waals surface area contributed by atoms with Gasteiger partial charge in [0.05, 0.1) is 6.54 Å². The summed E-state index contributed by atoms with van der Waals surface area (Å²) in [6, 6.07) is 0. The molecule has 0 radical (unpaired) electrons. The number of nitrogens with one attached hydrogen (secondary N) is 2. The van der Waals surface area contributed by atoms with Gasteiger partial charge in [0.25, 0.3) is 0 Å². The highest BCUT2D eigenvalue weighted by molar-refractivity contribution is 14.0. The van der Waals surface area contributed by atoms with E-state index in [4.69, 9.17) is 4.74 Å². The number of ether oxygens (including phenoxy) is 1. The molecule has 24 heavy (non-hydrogen) atoms. The van der Waals surface area contributed by atoms with Crippen molar-refractivity contribution in [3.63, 3.8) is 0 Å². The predicted octanol–water partition coefficient (Wildman–Crippen LogP) is 2.09. The third-order valence-electron chi connectivity index (χ3n) is 4.72. The Morgan fingerprint density at radius 3 is 2.71 bits per heavy atom. The first-order chi connectivity index (χ1) is 11.2. The molecule has 1 aromatic rings. The molecule has 7 nitrogen and oxygen atoms in total. The normalized spacial score (nSPS) is 16.7. The van der Waals surface area contributed by atoms with Crippen LogP contribution in [-0.4, -0.2) is 47.5 Å². The number of aryl methyl sites for hydroxylation is 1. The Bertz CT molecular complexity index is 499. The van der Waals surface area contributed by atoms with Gasteiger partial charge in [0.2, 0.25) is 0 Å². The van der Waals surface area contributed by atoms with Crippen molar-refractivity contribution in [1.29, 1.82) is 0 Å². The molecule has 0 aliphatic heterocycles. The van der Waals surface area contributed by atoms with Crippen molar-refractivity contribution < 1.29 is 4.74 Å². The summed E-state index contributed by atoms with van der Waals surface area (Å²) in [7, 11) is 3.74. The van der Waals surface area contributed by atoms with Crippen LogP contribution < -0.4 is 10.6 Å². The highest BCUT2D eigenvalue weighted by Crippen LogP contribution is 2.40. The molecule has 1 aliphatic carbocycles.